The van der Waals surface area contributed by atoms with Crippen LogP contribution in [0.3, 0.4) is 0 Å². The van der Waals surface area contributed by atoms with Gasteiger partial charge in [-0.15, -0.1) is 0 Å². The van der Waals surface area contributed by atoms with E-state index in [2.05, 4.69) is 41.3 Å². The molecule has 2 N–H and O–H groups in total. The fraction of sp³-hybridized carbons (Fsp3) is 0.406. The molecule has 2 amide bonds. The van der Waals surface area contributed by atoms with E-state index in [-0.39, 0.29) is 23.3 Å². The molecule has 2 saturated heterocycles. The van der Waals surface area contributed by atoms with Crippen LogP contribution < -0.4 is 15.5 Å². The Hall–Kier alpha value is -4.51. The maximum absolute atomic E-state index is 13.1. The third-order valence-electron chi connectivity index (χ3n) is 7.99. The number of ether oxygens (including phenoxy) is 1. The van der Waals surface area contributed by atoms with Gasteiger partial charge in [-0.05, 0) is 60.2 Å². The molecule has 0 radical (unpaired) electrons. The predicted octanol–water partition coefficient (Wildman–Crippen LogP) is 4.04. The van der Waals surface area contributed by atoms with Crippen molar-refractivity contribution >= 4 is 35.2 Å². The Morgan fingerprint density at radius 3 is 2.37 bits per heavy atom. The van der Waals surface area contributed by atoms with E-state index in [1.165, 1.54) is 5.56 Å². The summed E-state index contributed by atoms with van der Waals surface area (Å²) in [6.45, 7) is 10.2. The first kappa shape index (κ1) is 28.6. The number of nitrogens with zero attached hydrogens (tertiary/aromatic N) is 6. The van der Waals surface area contributed by atoms with Crippen LogP contribution in [0.15, 0.2) is 60.9 Å². The van der Waals surface area contributed by atoms with Crippen LogP contribution in [-0.4, -0.2) is 81.5 Å². The van der Waals surface area contributed by atoms with Gasteiger partial charge in [0, 0.05) is 61.4 Å². The van der Waals surface area contributed by atoms with Gasteiger partial charge >= 0.3 is 0 Å². The number of carbonyl (C=O) groups is 2. The topological polar surface area (TPSA) is 117 Å². The van der Waals surface area contributed by atoms with Gasteiger partial charge in [-0.2, -0.15) is 9.97 Å². The molecular formula is C32H38N8O3. The highest BCUT2D eigenvalue weighted by molar-refractivity contribution is 5.95. The molecule has 0 spiro atoms. The number of piperidine rings is 1. The summed E-state index contributed by atoms with van der Waals surface area (Å²) in [5.41, 5.74) is 3.31. The van der Waals surface area contributed by atoms with E-state index in [4.69, 9.17) is 14.7 Å². The van der Waals surface area contributed by atoms with Crippen molar-refractivity contribution in [2.75, 3.05) is 49.6 Å². The highest BCUT2D eigenvalue weighted by atomic mass is 16.5. The minimum atomic E-state index is -0.0742. The number of benzene rings is 2. The van der Waals surface area contributed by atoms with E-state index < -0.39 is 0 Å². The highest BCUT2D eigenvalue weighted by Gasteiger charge is 2.25. The number of anilines is 3. The van der Waals surface area contributed by atoms with Crippen molar-refractivity contribution < 1.29 is 14.3 Å². The Morgan fingerprint density at radius 2 is 1.65 bits per heavy atom. The van der Waals surface area contributed by atoms with Crippen LogP contribution in [0.4, 0.5) is 17.6 Å². The van der Waals surface area contributed by atoms with E-state index in [0.717, 1.165) is 25.1 Å². The normalized spacial score (nSPS) is 17.6. The molecule has 2 aromatic carbocycles. The summed E-state index contributed by atoms with van der Waals surface area (Å²) < 4.78 is 7.15. The van der Waals surface area contributed by atoms with Crippen LogP contribution in [0.5, 0.6) is 0 Å². The Labute approximate surface area is 251 Å². The zero-order valence-electron chi connectivity index (χ0n) is 24.9. The SMILES string of the molecule is CC(C)(C)c1ccc(C(=O)NC2CCCN(c3nc(Nc4ccc(C(=O)N5CCOCC5)cc4)n4ccnc4n3)C2)cc1. The van der Waals surface area contributed by atoms with Crippen LogP contribution in [-0.2, 0) is 10.2 Å². The number of nitrogens with one attached hydrogen (secondary N) is 2. The number of rotatable bonds is 6. The van der Waals surface area contributed by atoms with Crippen molar-refractivity contribution in [2.45, 2.75) is 45.1 Å². The number of carbonyl (C=O) groups excluding carboxylic acids is 2. The Balaban J connectivity index is 1.15. The zero-order valence-corrected chi connectivity index (χ0v) is 24.9. The van der Waals surface area contributed by atoms with Crippen LogP contribution in [0.1, 0.15) is 59.9 Å². The van der Waals surface area contributed by atoms with E-state index in [9.17, 15) is 9.59 Å². The monoisotopic (exact) mass is 582 g/mol. The van der Waals surface area contributed by atoms with Gasteiger partial charge in [0.1, 0.15) is 0 Å². The second kappa shape index (κ2) is 12.0. The number of hydrogen-bond donors (Lipinski definition) is 2. The van der Waals surface area contributed by atoms with Crippen LogP contribution in [0.25, 0.3) is 5.78 Å². The number of aromatic nitrogens is 4. The molecule has 0 saturated carbocycles. The average molecular weight is 583 g/mol. The summed E-state index contributed by atoms with van der Waals surface area (Å²) in [6, 6.07) is 15.2. The molecule has 2 aromatic heterocycles. The van der Waals surface area contributed by atoms with Crippen molar-refractivity contribution in [2.24, 2.45) is 0 Å². The van der Waals surface area contributed by atoms with Crippen molar-refractivity contribution in [1.82, 2.24) is 29.6 Å². The lowest BCUT2D eigenvalue weighted by Crippen LogP contribution is -2.48. The van der Waals surface area contributed by atoms with E-state index in [1.807, 2.05) is 59.6 Å². The summed E-state index contributed by atoms with van der Waals surface area (Å²) in [7, 11) is 0. The van der Waals surface area contributed by atoms with Crippen molar-refractivity contribution in [3.8, 4) is 0 Å². The second-order valence-corrected chi connectivity index (χ2v) is 12.1. The molecule has 2 aliphatic rings. The fourth-order valence-corrected chi connectivity index (χ4v) is 5.48. The molecule has 4 aromatic rings. The first-order chi connectivity index (χ1) is 20.7. The first-order valence-electron chi connectivity index (χ1n) is 14.9. The van der Waals surface area contributed by atoms with Crippen LogP contribution in [0.2, 0.25) is 0 Å². The Morgan fingerprint density at radius 1 is 0.930 bits per heavy atom. The quantitative estimate of drug-likeness (QED) is 0.350. The van der Waals surface area contributed by atoms with E-state index in [1.54, 1.807) is 10.6 Å². The van der Waals surface area contributed by atoms with Gasteiger partial charge in [0.05, 0.1) is 13.2 Å². The van der Waals surface area contributed by atoms with Gasteiger partial charge in [0.15, 0.2) is 0 Å². The van der Waals surface area contributed by atoms with Gasteiger partial charge < -0.3 is 25.2 Å². The first-order valence-corrected chi connectivity index (χ1v) is 14.9. The molecular weight excluding hydrogens is 544 g/mol. The maximum Gasteiger partial charge on any atom is 0.254 e. The lowest BCUT2D eigenvalue weighted by Gasteiger charge is -2.33. The van der Waals surface area contributed by atoms with Crippen molar-refractivity contribution in [3.63, 3.8) is 0 Å². The smallest absolute Gasteiger partial charge is 0.254 e. The molecule has 2 aliphatic heterocycles. The molecule has 11 nitrogen and oxygen atoms in total. The number of hydrogen-bond acceptors (Lipinski definition) is 8. The van der Waals surface area contributed by atoms with Crippen molar-refractivity contribution in [3.05, 3.63) is 77.6 Å². The molecule has 2 fully saturated rings. The second-order valence-electron chi connectivity index (χ2n) is 12.1. The van der Waals surface area contributed by atoms with Gasteiger partial charge in [-0.1, -0.05) is 32.9 Å². The molecule has 0 bridgehead atoms. The summed E-state index contributed by atoms with van der Waals surface area (Å²) in [5, 5.41) is 6.58. The summed E-state index contributed by atoms with van der Waals surface area (Å²) in [6.07, 6.45) is 5.28. The van der Waals surface area contributed by atoms with E-state index >= 15 is 0 Å². The minimum Gasteiger partial charge on any atom is -0.378 e. The van der Waals surface area contributed by atoms with Gasteiger partial charge in [0.25, 0.3) is 11.8 Å². The third-order valence-corrected chi connectivity index (χ3v) is 7.99. The predicted molar refractivity (Wildman–Crippen MR) is 165 cm³/mol. The standard InChI is InChI=1S/C32H38N8O3/c1-32(2,3)24-10-6-22(7-11-24)27(41)34-26-5-4-15-39(21-26)30-36-29-33-14-16-40(29)31(37-30)35-25-12-8-23(9-13-25)28(42)38-17-19-43-20-18-38/h6-14,16,26H,4-5,15,17-21H2,1-3H3,(H,34,41)(H,33,35,36,37). The fourth-order valence-electron chi connectivity index (χ4n) is 5.48. The number of imidazole rings is 1. The maximum atomic E-state index is 13.1. The zero-order chi connectivity index (χ0) is 30.0. The van der Waals surface area contributed by atoms with Gasteiger partial charge in [-0.3, -0.25) is 14.0 Å². The molecule has 11 heteroatoms. The average Bonchev–Trinajstić information content (AvgIpc) is 3.51. The number of amides is 2. The number of fused-ring (bicyclic) bond motifs is 1. The Kier molecular flexibility index (Phi) is 7.98. The molecule has 1 atom stereocenters. The lowest BCUT2D eigenvalue weighted by atomic mass is 9.86. The molecule has 0 aliphatic carbocycles. The highest BCUT2D eigenvalue weighted by Crippen LogP contribution is 2.24. The largest absolute Gasteiger partial charge is 0.378 e. The third kappa shape index (κ3) is 6.46. The lowest BCUT2D eigenvalue weighted by molar-refractivity contribution is 0.0303. The van der Waals surface area contributed by atoms with Gasteiger partial charge in [-0.25, -0.2) is 4.98 Å². The van der Waals surface area contributed by atoms with Crippen LogP contribution >= 0.6 is 0 Å². The molecule has 43 heavy (non-hydrogen) atoms. The summed E-state index contributed by atoms with van der Waals surface area (Å²) >= 11 is 0. The molecule has 1 unspecified atom stereocenters. The summed E-state index contributed by atoms with van der Waals surface area (Å²) in [4.78, 5) is 43.8. The molecule has 6 rings (SSSR count). The molecule has 224 valence electrons. The Bertz CT molecular complexity index is 1590. The number of morpholine rings is 1. The minimum absolute atomic E-state index is 0.00448. The van der Waals surface area contributed by atoms with Gasteiger partial charge in [0.2, 0.25) is 17.7 Å². The molecule has 4 heterocycles. The van der Waals surface area contributed by atoms with Crippen LogP contribution in [0, 0.1) is 0 Å². The van der Waals surface area contributed by atoms with Crippen molar-refractivity contribution in [1.29, 1.82) is 0 Å². The van der Waals surface area contributed by atoms with E-state index in [0.29, 0.717) is 61.6 Å². The summed E-state index contributed by atoms with van der Waals surface area (Å²) in [5.74, 6) is 1.57.